The van der Waals surface area contributed by atoms with Gasteiger partial charge in [-0.15, -0.1) is 0 Å². The van der Waals surface area contributed by atoms with Crippen LogP contribution in [-0.2, 0) is 0 Å². The van der Waals surface area contributed by atoms with Crippen molar-refractivity contribution in [1.82, 2.24) is 0 Å². The minimum absolute atomic E-state index is 0.0659. The predicted molar refractivity (Wildman–Crippen MR) is 107 cm³/mol. The van der Waals surface area contributed by atoms with E-state index in [4.69, 9.17) is 0 Å². The number of hydrazone groups is 1. The number of non-ortho nitro benzene ring substituents is 1. The molecule has 28 heavy (non-hydrogen) atoms. The molecule has 8 nitrogen and oxygen atoms in total. The van der Waals surface area contributed by atoms with Crippen molar-refractivity contribution >= 4 is 22.8 Å². The van der Waals surface area contributed by atoms with Gasteiger partial charge in [0.05, 0.1) is 21.6 Å². The average Bonchev–Trinajstić information content (AvgIpc) is 2.70. The zero-order chi connectivity index (χ0) is 20.1. The second-order valence-electron chi connectivity index (χ2n) is 6.02. The first-order chi connectivity index (χ1) is 13.5. The lowest BCUT2D eigenvalue weighted by atomic mass is 10.0. The quantitative estimate of drug-likeness (QED) is 0.381. The van der Waals surface area contributed by atoms with Crippen LogP contribution in [0.15, 0.2) is 77.9 Å². The first kappa shape index (κ1) is 18.7. The molecule has 0 saturated heterocycles. The first-order valence-electron chi connectivity index (χ1n) is 8.34. The summed E-state index contributed by atoms with van der Waals surface area (Å²) in [6, 6.07) is 20.5. The summed E-state index contributed by atoms with van der Waals surface area (Å²) in [6.45, 7) is 1.97. The van der Waals surface area contributed by atoms with Crippen molar-refractivity contribution in [3.05, 3.63) is 110 Å². The Hall–Kier alpha value is -4.07. The fourth-order valence-electron chi connectivity index (χ4n) is 2.60. The van der Waals surface area contributed by atoms with Crippen molar-refractivity contribution in [3.63, 3.8) is 0 Å². The molecule has 0 spiro atoms. The molecule has 0 aromatic heterocycles. The van der Waals surface area contributed by atoms with Crippen molar-refractivity contribution in [2.24, 2.45) is 5.10 Å². The number of aryl methyl sites for hydroxylation is 1. The Morgan fingerprint density at radius 3 is 2.11 bits per heavy atom. The zero-order valence-corrected chi connectivity index (χ0v) is 14.9. The maximum absolute atomic E-state index is 11.3. The summed E-state index contributed by atoms with van der Waals surface area (Å²) in [7, 11) is 0. The minimum Gasteiger partial charge on any atom is -0.271 e. The number of nitrogens with one attached hydrogen (secondary N) is 1. The Bertz CT molecular complexity index is 1050. The second-order valence-corrected chi connectivity index (χ2v) is 6.02. The summed E-state index contributed by atoms with van der Waals surface area (Å²) in [6.07, 6.45) is 0. The highest BCUT2D eigenvalue weighted by Gasteiger charge is 2.19. The van der Waals surface area contributed by atoms with Crippen LogP contribution in [0.4, 0.5) is 17.1 Å². The van der Waals surface area contributed by atoms with Gasteiger partial charge >= 0.3 is 5.69 Å². The van der Waals surface area contributed by atoms with Gasteiger partial charge in [-0.1, -0.05) is 60.2 Å². The van der Waals surface area contributed by atoms with E-state index in [-0.39, 0.29) is 11.4 Å². The Kier molecular flexibility index (Phi) is 5.40. The van der Waals surface area contributed by atoms with E-state index in [1.807, 2.05) is 61.5 Å². The summed E-state index contributed by atoms with van der Waals surface area (Å²) in [5, 5.41) is 26.6. The number of nitrogens with zero attached hydrogens (tertiary/aromatic N) is 3. The molecule has 0 atom stereocenters. The summed E-state index contributed by atoms with van der Waals surface area (Å²) >= 11 is 0. The van der Waals surface area contributed by atoms with Crippen LogP contribution in [0.2, 0.25) is 0 Å². The van der Waals surface area contributed by atoms with Crippen LogP contribution < -0.4 is 5.43 Å². The van der Waals surface area contributed by atoms with Gasteiger partial charge < -0.3 is 0 Å². The highest BCUT2D eigenvalue weighted by atomic mass is 16.6. The molecule has 3 aromatic carbocycles. The normalized spacial score (nSPS) is 11.1. The lowest BCUT2D eigenvalue weighted by molar-refractivity contribution is -0.393. The number of benzene rings is 3. The van der Waals surface area contributed by atoms with E-state index in [0.29, 0.717) is 5.71 Å². The molecule has 0 aliphatic heterocycles. The van der Waals surface area contributed by atoms with Crippen molar-refractivity contribution in [3.8, 4) is 0 Å². The number of anilines is 1. The van der Waals surface area contributed by atoms with E-state index in [2.05, 4.69) is 10.5 Å². The smallest absolute Gasteiger partial charge is 0.271 e. The fraction of sp³-hybridized carbons (Fsp3) is 0.0500. The molecule has 0 heterocycles. The van der Waals surface area contributed by atoms with Gasteiger partial charge in [0.2, 0.25) is 0 Å². The highest BCUT2D eigenvalue weighted by molar-refractivity contribution is 6.13. The van der Waals surface area contributed by atoms with Gasteiger partial charge in [0.15, 0.2) is 0 Å². The van der Waals surface area contributed by atoms with Crippen molar-refractivity contribution < 1.29 is 9.85 Å². The topological polar surface area (TPSA) is 111 Å². The van der Waals surface area contributed by atoms with Crippen LogP contribution in [0, 0.1) is 27.2 Å². The van der Waals surface area contributed by atoms with Gasteiger partial charge in [-0.2, -0.15) is 5.10 Å². The van der Waals surface area contributed by atoms with Crippen LogP contribution in [-0.4, -0.2) is 15.6 Å². The van der Waals surface area contributed by atoms with Gasteiger partial charge in [-0.05, 0) is 13.0 Å². The summed E-state index contributed by atoms with van der Waals surface area (Å²) in [4.78, 5) is 20.8. The molecule has 0 bridgehead atoms. The molecule has 0 unspecified atom stereocenters. The Balaban J connectivity index is 2.04. The molecule has 0 aliphatic carbocycles. The van der Waals surface area contributed by atoms with Crippen molar-refractivity contribution in [2.45, 2.75) is 6.92 Å². The Morgan fingerprint density at radius 2 is 1.50 bits per heavy atom. The molecule has 1 N–H and O–H groups in total. The zero-order valence-electron chi connectivity index (χ0n) is 14.9. The van der Waals surface area contributed by atoms with Crippen molar-refractivity contribution in [2.75, 3.05) is 5.43 Å². The standard InChI is InChI=1S/C20H16N4O4/c1-14-7-9-16(10-8-14)20(15-5-3-2-4-6-15)22-21-18-12-11-17(23(25)26)13-19(18)24(27)28/h2-13,21H,1H3/b22-20-. The minimum atomic E-state index is -0.682. The molecule has 0 radical (unpaired) electrons. The van der Waals surface area contributed by atoms with Gasteiger partial charge in [0, 0.05) is 17.2 Å². The van der Waals surface area contributed by atoms with Gasteiger partial charge in [-0.25, -0.2) is 0 Å². The summed E-state index contributed by atoms with van der Waals surface area (Å²) in [5.74, 6) is 0. The Morgan fingerprint density at radius 1 is 0.857 bits per heavy atom. The van der Waals surface area contributed by atoms with Crippen LogP contribution >= 0.6 is 0 Å². The molecular weight excluding hydrogens is 360 g/mol. The van der Waals surface area contributed by atoms with Gasteiger partial charge in [0.1, 0.15) is 5.69 Å². The third-order valence-electron chi connectivity index (χ3n) is 4.05. The maximum atomic E-state index is 11.3. The molecule has 0 fully saturated rings. The van der Waals surface area contributed by atoms with E-state index < -0.39 is 15.5 Å². The monoisotopic (exact) mass is 376 g/mol. The molecule has 0 saturated carbocycles. The molecule has 3 aromatic rings. The summed E-state index contributed by atoms with van der Waals surface area (Å²) < 4.78 is 0. The number of nitro benzene ring substituents is 2. The molecule has 3 rings (SSSR count). The van der Waals surface area contributed by atoms with Crippen molar-refractivity contribution in [1.29, 1.82) is 0 Å². The largest absolute Gasteiger partial charge is 0.301 e. The third kappa shape index (κ3) is 4.18. The Labute approximate surface area is 160 Å². The lowest BCUT2D eigenvalue weighted by Gasteiger charge is -2.09. The van der Waals surface area contributed by atoms with Crippen LogP contribution in [0.5, 0.6) is 0 Å². The van der Waals surface area contributed by atoms with E-state index in [1.54, 1.807) is 0 Å². The number of hydrogen-bond acceptors (Lipinski definition) is 6. The molecule has 140 valence electrons. The van der Waals surface area contributed by atoms with Crippen LogP contribution in [0.1, 0.15) is 16.7 Å². The van der Waals surface area contributed by atoms with Crippen LogP contribution in [0.3, 0.4) is 0 Å². The molecule has 0 aliphatic rings. The van der Waals surface area contributed by atoms with E-state index >= 15 is 0 Å². The fourth-order valence-corrected chi connectivity index (χ4v) is 2.60. The number of nitro groups is 2. The molecular formula is C20H16N4O4. The first-order valence-corrected chi connectivity index (χ1v) is 8.34. The highest BCUT2D eigenvalue weighted by Crippen LogP contribution is 2.29. The average molecular weight is 376 g/mol. The number of hydrogen-bond donors (Lipinski definition) is 1. The van der Waals surface area contributed by atoms with E-state index in [0.717, 1.165) is 22.8 Å². The number of rotatable bonds is 6. The molecule has 8 heteroatoms. The van der Waals surface area contributed by atoms with E-state index in [1.165, 1.54) is 12.1 Å². The molecule has 0 amide bonds. The van der Waals surface area contributed by atoms with E-state index in [9.17, 15) is 20.2 Å². The third-order valence-corrected chi connectivity index (χ3v) is 4.05. The lowest BCUT2D eigenvalue weighted by Crippen LogP contribution is -2.07. The maximum Gasteiger partial charge on any atom is 0.301 e. The van der Waals surface area contributed by atoms with Crippen LogP contribution in [0.25, 0.3) is 0 Å². The summed E-state index contributed by atoms with van der Waals surface area (Å²) in [5.41, 5.74) is 5.32. The van der Waals surface area contributed by atoms with Gasteiger partial charge in [-0.3, -0.25) is 25.7 Å². The SMILES string of the molecule is Cc1ccc(/C(=N\Nc2ccc([N+](=O)[O-])cc2[N+](=O)[O-])c2ccccc2)cc1. The van der Waals surface area contributed by atoms with Gasteiger partial charge in [0.25, 0.3) is 5.69 Å². The second kappa shape index (κ2) is 8.09. The predicted octanol–water partition coefficient (Wildman–Crippen LogP) is 4.68.